The highest BCUT2D eigenvalue weighted by Gasteiger charge is 2.33. The molecule has 1 aliphatic rings. The first-order valence-corrected chi connectivity index (χ1v) is 10.2. The summed E-state index contributed by atoms with van der Waals surface area (Å²) in [5, 5.41) is 11.8. The molecule has 2 aromatic carbocycles. The van der Waals surface area contributed by atoms with Gasteiger partial charge in [0.2, 0.25) is 0 Å². The fourth-order valence-electron chi connectivity index (χ4n) is 3.04. The van der Waals surface area contributed by atoms with Gasteiger partial charge in [0.05, 0.1) is 21.1 Å². The molecule has 1 fully saturated rings. The molecule has 2 heterocycles. The van der Waals surface area contributed by atoms with E-state index < -0.39 is 4.92 Å². The number of nitro benzene ring substituents is 1. The minimum absolute atomic E-state index is 0.0446. The van der Waals surface area contributed by atoms with Crippen LogP contribution in [0.2, 0.25) is 0 Å². The molecule has 0 spiro atoms. The van der Waals surface area contributed by atoms with Crippen LogP contribution in [-0.4, -0.2) is 27.4 Å². The maximum absolute atomic E-state index is 12.9. The predicted molar refractivity (Wildman–Crippen MR) is 122 cm³/mol. The highest BCUT2D eigenvalue weighted by molar-refractivity contribution is 8.18. The van der Waals surface area contributed by atoms with Crippen molar-refractivity contribution >= 4 is 40.3 Å². The van der Waals surface area contributed by atoms with Crippen LogP contribution in [0.25, 0.3) is 17.4 Å². The molecule has 8 heteroatoms. The summed E-state index contributed by atoms with van der Waals surface area (Å²) in [6, 6.07) is 19.1. The Morgan fingerprint density at radius 2 is 1.84 bits per heavy atom. The number of furan rings is 1. The highest BCUT2D eigenvalue weighted by atomic mass is 32.2. The summed E-state index contributed by atoms with van der Waals surface area (Å²) in [5.41, 5.74) is 1.07. The average Bonchev–Trinajstić information content (AvgIpc) is 3.35. The van der Waals surface area contributed by atoms with E-state index >= 15 is 0 Å². The summed E-state index contributed by atoms with van der Waals surface area (Å²) < 4.78 is 5.79. The number of aliphatic imine (C=N–C) groups is 1. The number of amides is 1. The normalized spacial score (nSPS) is 16.3. The number of amidine groups is 1. The van der Waals surface area contributed by atoms with Crippen LogP contribution in [0.5, 0.6) is 0 Å². The second kappa shape index (κ2) is 8.85. The molecule has 3 aromatic rings. The fraction of sp³-hybridized carbons (Fsp3) is 0.0435. The first-order valence-electron chi connectivity index (χ1n) is 9.36. The third-order valence-corrected chi connectivity index (χ3v) is 5.45. The molecule has 1 aromatic heterocycles. The summed E-state index contributed by atoms with van der Waals surface area (Å²) in [6.07, 6.45) is 3.26. The average molecular weight is 431 g/mol. The molecular formula is C23H17N3O4S. The first kappa shape index (κ1) is 20.4. The van der Waals surface area contributed by atoms with Gasteiger partial charge in [-0.15, -0.1) is 6.58 Å². The quantitative estimate of drug-likeness (QED) is 0.218. The van der Waals surface area contributed by atoms with E-state index in [2.05, 4.69) is 11.6 Å². The van der Waals surface area contributed by atoms with Crippen molar-refractivity contribution in [3.05, 3.63) is 100 Å². The van der Waals surface area contributed by atoms with Crippen molar-refractivity contribution in [3.63, 3.8) is 0 Å². The van der Waals surface area contributed by atoms with E-state index in [-0.39, 0.29) is 11.6 Å². The molecular weight excluding hydrogens is 414 g/mol. The molecule has 0 saturated carbocycles. The molecule has 7 nitrogen and oxygen atoms in total. The molecule has 0 atom stereocenters. The van der Waals surface area contributed by atoms with E-state index in [0.29, 0.717) is 33.7 Å². The predicted octanol–water partition coefficient (Wildman–Crippen LogP) is 5.64. The first-order chi connectivity index (χ1) is 15.1. The second-order valence-corrected chi connectivity index (χ2v) is 7.53. The number of nitrogens with zero attached hydrogens (tertiary/aromatic N) is 3. The number of carbonyl (C=O) groups is 1. The number of rotatable bonds is 6. The lowest BCUT2D eigenvalue weighted by Gasteiger charge is -2.12. The molecule has 4 rings (SSSR count). The van der Waals surface area contributed by atoms with Crippen molar-refractivity contribution in [1.29, 1.82) is 0 Å². The van der Waals surface area contributed by atoms with Gasteiger partial charge >= 0.3 is 0 Å². The largest absolute Gasteiger partial charge is 0.456 e. The van der Waals surface area contributed by atoms with Crippen LogP contribution in [0.1, 0.15) is 5.76 Å². The second-order valence-electron chi connectivity index (χ2n) is 6.52. The Labute approximate surface area is 182 Å². The summed E-state index contributed by atoms with van der Waals surface area (Å²) in [4.78, 5) is 30.3. The number of carbonyl (C=O) groups excluding carboxylic acids is 1. The number of hydrogen-bond donors (Lipinski definition) is 0. The van der Waals surface area contributed by atoms with Gasteiger partial charge in [0.1, 0.15) is 11.5 Å². The minimum atomic E-state index is -0.453. The van der Waals surface area contributed by atoms with E-state index in [0.717, 1.165) is 5.69 Å². The van der Waals surface area contributed by atoms with Gasteiger partial charge < -0.3 is 4.42 Å². The van der Waals surface area contributed by atoms with Crippen LogP contribution in [0.15, 0.2) is 93.7 Å². The zero-order valence-electron chi connectivity index (χ0n) is 16.3. The highest BCUT2D eigenvalue weighted by Crippen LogP contribution is 2.36. The molecule has 0 aliphatic carbocycles. The third-order valence-electron chi connectivity index (χ3n) is 4.45. The lowest BCUT2D eigenvalue weighted by Crippen LogP contribution is -2.29. The Hall–Kier alpha value is -3.91. The number of thioether (sulfide) groups is 1. The molecule has 0 radical (unpaired) electrons. The Morgan fingerprint density at radius 1 is 1.10 bits per heavy atom. The van der Waals surface area contributed by atoms with E-state index in [9.17, 15) is 14.9 Å². The molecule has 0 N–H and O–H groups in total. The lowest BCUT2D eigenvalue weighted by atomic mass is 10.1. The minimum Gasteiger partial charge on any atom is -0.456 e. The molecule has 31 heavy (non-hydrogen) atoms. The Bertz CT molecular complexity index is 1210. The van der Waals surface area contributed by atoms with Crippen molar-refractivity contribution in [2.75, 3.05) is 6.54 Å². The molecule has 0 unspecified atom stereocenters. The number of nitro groups is 1. The van der Waals surface area contributed by atoms with E-state index in [1.54, 1.807) is 47.4 Å². The number of hydrogen-bond acceptors (Lipinski definition) is 6. The zero-order valence-corrected chi connectivity index (χ0v) is 17.1. The van der Waals surface area contributed by atoms with Crippen LogP contribution >= 0.6 is 11.8 Å². The van der Waals surface area contributed by atoms with Gasteiger partial charge in [0, 0.05) is 18.7 Å². The maximum atomic E-state index is 12.9. The summed E-state index contributed by atoms with van der Waals surface area (Å²) >= 11 is 1.24. The van der Waals surface area contributed by atoms with Crippen molar-refractivity contribution in [1.82, 2.24) is 4.90 Å². The van der Waals surface area contributed by atoms with Crippen molar-refractivity contribution in [2.24, 2.45) is 4.99 Å². The molecule has 1 amide bonds. The van der Waals surface area contributed by atoms with E-state index in [4.69, 9.17) is 4.42 Å². The van der Waals surface area contributed by atoms with Crippen LogP contribution in [0.4, 0.5) is 11.4 Å². The summed E-state index contributed by atoms with van der Waals surface area (Å²) in [7, 11) is 0. The van der Waals surface area contributed by atoms with Gasteiger partial charge in [-0.2, -0.15) is 0 Å². The fourth-order valence-corrected chi connectivity index (χ4v) is 4.03. The maximum Gasteiger partial charge on any atom is 0.280 e. The number of benzene rings is 2. The van der Waals surface area contributed by atoms with Crippen LogP contribution < -0.4 is 0 Å². The van der Waals surface area contributed by atoms with Crippen molar-refractivity contribution in [3.8, 4) is 11.3 Å². The van der Waals surface area contributed by atoms with E-state index in [1.165, 1.54) is 17.8 Å². The monoisotopic (exact) mass is 431 g/mol. The summed E-state index contributed by atoms with van der Waals surface area (Å²) in [5.74, 6) is 0.572. The SMILES string of the molecule is C=CCN1C(=O)/C(=C\c2ccc(-c3ccccc3[N+](=O)[O-])o2)SC1=Nc1ccccc1. The zero-order chi connectivity index (χ0) is 21.8. The standard InChI is InChI=1S/C23H17N3O4S/c1-2-14-25-22(27)21(31-23(25)24-16-8-4-3-5-9-16)15-17-12-13-20(30-17)18-10-6-7-11-19(18)26(28)29/h2-13,15H,1,14H2/b21-15+,24-23?. The molecule has 0 bridgehead atoms. The Kier molecular flexibility index (Phi) is 5.81. The van der Waals surface area contributed by atoms with Crippen LogP contribution in [0.3, 0.4) is 0 Å². The van der Waals surface area contributed by atoms with Crippen LogP contribution in [-0.2, 0) is 4.79 Å². The van der Waals surface area contributed by atoms with E-state index in [1.807, 2.05) is 30.3 Å². The van der Waals surface area contributed by atoms with Gasteiger partial charge in [0.15, 0.2) is 5.17 Å². The van der Waals surface area contributed by atoms with Crippen molar-refractivity contribution < 1.29 is 14.1 Å². The van der Waals surface area contributed by atoms with Gasteiger partial charge in [-0.1, -0.05) is 36.4 Å². The molecule has 154 valence electrons. The third kappa shape index (κ3) is 4.34. The van der Waals surface area contributed by atoms with Gasteiger partial charge in [-0.3, -0.25) is 19.8 Å². The Morgan fingerprint density at radius 3 is 2.58 bits per heavy atom. The number of para-hydroxylation sites is 2. The van der Waals surface area contributed by atoms with Gasteiger partial charge in [-0.25, -0.2) is 4.99 Å². The molecule has 1 aliphatic heterocycles. The smallest absolute Gasteiger partial charge is 0.280 e. The van der Waals surface area contributed by atoms with Gasteiger partial charge in [-0.05, 0) is 42.1 Å². The van der Waals surface area contributed by atoms with Crippen LogP contribution in [0, 0.1) is 10.1 Å². The topological polar surface area (TPSA) is 89.0 Å². The van der Waals surface area contributed by atoms with Gasteiger partial charge in [0.25, 0.3) is 11.6 Å². The summed E-state index contributed by atoms with van der Waals surface area (Å²) in [6.45, 7) is 4.05. The molecule has 1 saturated heterocycles. The Balaban J connectivity index is 1.65. The lowest BCUT2D eigenvalue weighted by molar-refractivity contribution is -0.384. The van der Waals surface area contributed by atoms with Crippen molar-refractivity contribution in [2.45, 2.75) is 0 Å².